The minimum absolute atomic E-state index is 0.125. The first-order valence-electron chi connectivity index (χ1n) is 14.7. The summed E-state index contributed by atoms with van der Waals surface area (Å²) in [5.41, 5.74) is -0.415. The van der Waals surface area contributed by atoms with Gasteiger partial charge in [-0.15, -0.1) is 4.89 Å². The molecule has 1 aromatic carbocycles. The zero-order valence-electron chi connectivity index (χ0n) is 25.3. The Balaban J connectivity index is 2.03. The summed E-state index contributed by atoms with van der Waals surface area (Å²) in [7, 11) is -6.59. The molecule has 1 fully saturated rings. The smallest absolute Gasteiger partial charge is 0.466 e. The number of alkyl halides is 2. The molecule has 2 unspecified atom stereocenters. The zero-order chi connectivity index (χ0) is 34.2. The molecule has 1 aliphatic heterocycles. The number of hydrogen-bond donors (Lipinski definition) is 5. The number of likely N-dealkylation sites (tertiary alicyclic amines) is 1. The zero-order valence-corrected chi connectivity index (χ0v) is 27.1. The van der Waals surface area contributed by atoms with E-state index in [0.29, 0.717) is 38.8 Å². The molecule has 18 heteroatoms. The first-order chi connectivity index (χ1) is 21.8. The van der Waals surface area contributed by atoms with Crippen LogP contribution >= 0.6 is 16.9 Å². The molecule has 0 radical (unpaired) electrons. The first kappa shape index (κ1) is 39.5. The van der Waals surface area contributed by atoms with E-state index in [1.807, 2.05) is 0 Å². The van der Waals surface area contributed by atoms with E-state index in [2.05, 4.69) is 14.4 Å². The highest BCUT2D eigenvalue weighted by molar-refractivity contribution is 7.39. The van der Waals surface area contributed by atoms with E-state index in [-0.39, 0.29) is 31.3 Å². The summed E-state index contributed by atoms with van der Waals surface area (Å²) in [6, 6.07) is 6.23. The number of nitrogens with one attached hydrogen (secondary N) is 1. The number of amides is 2. The monoisotopic (exact) mass is 697 g/mol. The van der Waals surface area contributed by atoms with Crippen molar-refractivity contribution in [3.05, 3.63) is 48.0 Å². The lowest BCUT2D eigenvalue weighted by molar-refractivity contribution is -0.279. The van der Waals surface area contributed by atoms with Gasteiger partial charge in [0.2, 0.25) is 5.91 Å². The van der Waals surface area contributed by atoms with E-state index in [1.165, 1.54) is 30.3 Å². The fourth-order valence-corrected chi connectivity index (χ4v) is 5.50. The third-order valence-corrected chi connectivity index (χ3v) is 7.74. The highest BCUT2D eigenvalue weighted by Gasteiger charge is 2.44. The van der Waals surface area contributed by atoms with Crippen molar-refractivity contribution in [1.29, 1.82) is 0 Å². The molecule has 258 valence electrons. The summed E-state index contributed by atoms with van der Waals surface area (Å²) in [4.78, 5) is 64.9. The maximum atomic E-state index is 15.6. The average molecular weight is 698 g/mol. The van der Waals surface area contributed by atoms with E-state index < -0.39 is 59.0 Å². The highest BCUT2D eigenvalue weighted by Crippen LogP contribution is 2.39. The molecule has 1 saturated heterocycles. The number of esters is 1. The highest BCUT2D eigenvalue weighted by atomic mass is 31.2. The topological polar surface area (TPSA) is 201 Å². The van der Waals surface area contributed by atoms with Crippen LogP contribution in [0.5, 0.6) is 0 Å². The molecule has 0 saturated carbocycles. The number of rotatable bonds is 21. The SMILES string of the molecule is CCOC(=O)CCCCCCN1C(=O)CC[C@@H]1/C=C/[C@@H](OC(=O)NCCCC(O)(OP(O)O)O[P+](=O)O)C(F)(F)c1ccccc1. The Morgan fingerprint density at radius 2 is 1.87 bits per heavy atom. The molecule has 2 amide bonds. The number of benzene rings is 1. The van der Waals surface area contributed by atoms with Gasteiger partial charge in [-0.05, 0) is 38.7 Å². The van der Waals surface area contributed by atoms with Gasteiger partial charge in [-0.25, -0.2) is 4.79 Å². The van der Waals surface area contributed by atoms with Crippen molar-refractivity contribution < 1.29 is 66.0 Å². The second-order valence-electron chi connectivity index (χ2n) is 10.3. The van der Waals surface area contributed by atoms with Gasteiger partial charge in [0.1, 0.15) is 0 Å². The summed E-state index contributed by atoms with van der Waals surface area (Å²) >= 11 is 0. The van der Waals surface area contributed by atoms with E-state index in [1.54, 1.807) is 17.9 Å². The van der Waals surface area contributed by atoms with Crippen molar-refractivity contribution >= 4 is 34.8 Å². The van der Waals surface area contributed by atoms with Crippen LogP contribution in [0.25, 0.3) is 0 Å². The number of alkyl carbamates (subject to hydrolysis) is 1. The fourth-order valence-electron chi connectivity index (χ4n) is 4.69. The van der Waals surface area contributed by atoms with Crippen molar-refractivity contribution in [2.45, 2.75) is 88.8 Å². The van der Waals surface area contributed by atoms with Crippen LogP contribution < -0.4 is 5.32 Å². The van der Waals surface area contributed by atoms with E-state index in [4.69, 9.17) is 24.2 Å². The van der Waals surface area contributed by atoms with Crippen molar-refractivity contribution in [3.63, 3.8) is 0 Å². The molecule has 0 aromatic heterocycles. The number of nitrogens with zero attached hydrogens (tertiary/aromatic N) is 1. The Labute approximate surface area is 267 Å². The third-order valence-electron chi connectivity index (χ3n) is 6.85. The molecule has 5 N–H and O–H groups in total. The van der Waals surface area contributed by atoms with Gasteiger partial charge < -0.3 is 34.6 Å². The van der Waals surface area contributed by atoms with Crippen LogP contribution in [0.2, 0.25) is 0 Å². The van der Waals surface area contributed by atoms with Crippen molar-refractivity contribution in [3.8, 4) is 0 Å². The lowest BCUT2D eigenvalue weighted by atomic mass is 10.0. The van der Waals surface area contributed by atoms with Gasteiger partial charge in [0.25, 0.3) is 0 Å². The molecule has 1 aromatic rings. The van der Waals surface area contributed by atoms with E-state index in [9.17, 15) is 24.1 Å². The molecule has 4 atom stereocenters. The number of ether oxygens (including phenoxy) is 2. The van der Waals surface area contributed by atoms with Crippen LogP contribution in [-0.2, 0) is 38.6 Å². The fraction of sp³-hybridized carbons (Fsp3) is 0.607. The molecular weight excluding hydrogens is 656 g/mol. The van der Waals surface area contributed by atoms with Crippen LogP contribution in [0.1, 0.15) is 70.3 Å². The number of hydrogen-bond acceptors (Lipinski definition) is 11. The predicted octanol–water partition coefficient (Wildman–Crippen LogP) is 4.25. The second-order valence-corrected chi connectivity index (χ2v) is 11.6. The molecule has 0 spiro atoms. The third kappa shape index (κ3) is 14.0. The van der Waals surface area contributed by atoms with Crippen LogP contribution in [0.4, 0.5) is 13.6 Å². The first-order valence-corrected chi connectivity index (χ1v) is 17.0. The van der Waals surface area contributed by atoms with Gasteiger partial charge in [0, 0.05) is 42.5 Å². The summed E-state index contributed by atoms with van der Waals surface area (Å²) in [6.07, 6.45) is 2.07. The van der Waals surface area contributed by atoms with Crippen LogP contribution in [0.15, 0.2) is 42.5 Å². The van der Waals surface area contributed by atoms with Gasteiger partial charge in [-0.2, -0.15) is 8.78 Å². The van der Waals surface area contributed by atoms with Gasteiger partial charge in [0.15, 0.2) is 6.10 Å². The molecule has 0 bridgehead atoms. The summed E-state index contributed by atoms with van der Waals surface area (Å²) in [5.74, 6) is -6.91. The molecule has 46 heavy (non-hydrogen) atoms. The maximum Gasteiger partial charge on any atom is 0.700 e. The normalized spacial score (nSPS) is 17.7. The lowest BCUT2D eigenvalue weighted by Crippen LogP contribution is -2.39. The minimum atomic E-state index is -3.67. The van der Waals surface area contributed by atoms with Crippen molar-refractivity contribution in [2.24, 2.45) is 0 Å². The van der Waals surface area contributed by atoms with E-state index in [0.717, 1.165) is 18.9 Å². The number of aliphatic hydroxyl groups is 1. The molecule has 1 aliphatic rings. The standard InChI is InChI=1S/C28H40F2N2O12P2/c1-2-41-25(34)13-8-3-4-9-20-32-22(15-17-24(32)33)14-16-23(28(29,30)21-11-6-5-7-12-21)42-26(35)31-19-10-18-27(36,43-45(37)38)44-46(39)40/h5-7,11-12,14,16,22-23,36-38H,2-4,8-10,13,15,17-20H2,1H3,(H-,31,35,39,40)/p+1/b16-14+/t22-,23+,27?/m0/s1. The summed E-state index contributed by atoms with van der Waals surface area (Å²) in [6.45, 7) is 2.14. The average Bonchev–Trinajstić information content (AvgIpc) is 3.33. The molecule has 14 nitrogen and oxygen atoms in total. The molecular formula is C28H41F2N2O12P2+. The van der Waals surface area contributed by atoms with Gasteiger partial charge in [0.05, 0.1) is 12.6 Å². The summed E-state index contributed by atoms with van der Waals surface area (Å²) < 4.78 is 60.7. The predicted molar refractivity (Wildman–Crippen MR) is 160 cm³/mol. The van der Waals surface area contributed by atoms with E-state index >= 15 is 8.78 Å². The Morgan fingerprint density at radius 1 is 1.17 bits per heavy atom. The van der Waals surface area contributed by atoms with Crippen molar-refractivity contribution in [1.82, 2.24) is 10.2 Å². The minimum Gasteiger partial charge on any atom is -0.466 e. The Bertz CT molecular complexity index is 1160. The molecule has 1 heterocycles. The summed E-state index contributed by atoms with van der Waals surface area (Å²) in [5, 5.41) is 12.3. The van der Waals surface area contributed by atoms with Crippen molar-refractivity contribution in [2.75, 3.05) is 19.7 Å². The number of halogens is 2. The van der Waals surface area contributed by atoms with Crippen LogP contribution in [0, 0.1) is 0 Å². The van der Waals surface area contributed by atoms with Crippen LogP contribution in [-0.4, -0.2) is 80.5 Å². The van der Waals surface area contributed by atoms with Gasteiger partial charge in [-0.3, -0.25) is 14.1 Å². The largest absolute Gasteiger partial charge is 0.700 e. The van der Waals surface area contributed by atoms with Gasteiger partial charge >= 0.3 is 40.8 Å². The van der Waals surface area contributed by atoms with Gasteiger partial charge in [-0.1, -0.05) is 53.8 Å². The number of carbonyl (C=O) groups excluding carboxylic acids is 3. The Morgan fingerprint density at radius 3 is 2.52 bits per heavy atom. The van der Waals surface area contributed by atoms with Crippen LogP contribution in [0.3, 0.4) is 0 Å². The maximum absolute atomic E-state index is 15.6. The molecule has 0 aliphatic carbocycles. The molecule has 2 rings (SSSR count). The second kappa shape index (κ2) is 19.9. The number of carbonyl (C=O) groups is 3. The Kier molecular flexibility index (Phi) is 17.1. The quantitative estimate of drug-likeness (QED) is 0.0403. The Hall–Kier alpha value is -2.68. The number of unbranched alkanes of at least 4 members (excludes halogenated alkanes) is 3. The lowest BCUT2D eigenvalue weighted by Gasteiger charge is -2.27.